The van der Waals surface area contributed by atoms with Crippen LogP contribution in [0.5, 0.6) is 5.75 Å². The molecule has 6 nitrogen and oxygen atoms in total. The van der Waals surface area contributed by atoms with Crippen LogP contribution in [0.15, 0.2) is 70.2 Å². The van der Waals surface area contributed by atoms with Crippen LogP contribution in [0.1, 0.15) is 12.5 Å². The van der Waals surface area contributed by atoms with Crippen LogP contribution in [-0.4, -0.2) is 33.9 Å². The fourth-order valence-corrected chi connectivity index (χ4v) is 4.29. The van der Waals surface area contributed by atoms with E-state index in [4.69, 9.17) is 21.9 Å². The molecular formula is C22H17N3O3S2. The Kier molecular flexibility index (Phi) is 5.52. The molecule has 30 heavy (non-hydrogen) atoms. The number of hydrogen-bond acceptors (Lipinski definition) is 6. The van der Waals surface area contributed by atoms with Gasteiger partial charge in [-0.1, -0.05) is 30.0 Å². The monoisotopic (exact) mass is 435 g/mol. The van der Waals surface area contributed by atoms with Crippen molar-refractivity contribution >= 4 is 57.9 Å². The first-order valence-corrected chi connectivity index (χ1v) is 10.3. The highest BCUT2D eigenvalue weighted by Gasteiger charge is 2.33. The molecule has 2 aromatic carbocycles. The number of nitrogens with one attached hydrogen (secondary N) is 1. The summed E-state index contributed by atoms with van der Waals surface area (Å²) in [6, 6.07) is 17.4. The number of carbonyl (C=O) groups excluding carboxylic acids is 2. The van der Waals surface area contributed by atoms with E-state index in [2.05, 4.69) is 5.32 Å². The number of methoxy groups -OCH3 is 1. The van der Waals surface area contributed by atoms with Crippen molar-refractivity contribution in [3.8, 4) is 5.75 Å². The van der Waals surface area contributed by atoms with Crippen LogP contribution < -0.4 is 10.1 Å². The lowest BCUT2D eigenvalue weighted by Gasteiger charge is -2.14. The lowest BCUT2D eigenvalue weighted by Crippen LogP contribution is -2.31. The molecule has 0 saturated carbocycles. The van der Waals surface area contributed by atoms with Crippen LogP contribution in [0.25, 0.3) is 17.0 Å². The highest BCUT2D eigenvalue weighted by Crippen LogP contribution is 2.34. The van der Waals surface area contributed by atoms with E-state index in [1.54, 1.807) is 13.2 Å². The molecule has 0 aliphatic carbocycles. The molecule has 0 atom stereocenters. The second-order valence-corrected chi connectivity index (χ2v) is 7.95. The zero-order valence-corrected chi connectivity index (χ0v) is 17.8. The summed E-state index contributed by atoms with van der Waals surface area (Å²) in [7, 11) is 1.61. The van der Waals surface area contributed by atoms with Gasteiger partial charge in [0.1, 0.15) is 16.5 Å². The van der Waals surface area contributed by atoms with E-state index >= 15 is 0 Å². The molecule has 1 saturated heterocycles. The third-order valence-electron chi connectivity index (χ3n) is 4.48. The third kappa shape index (κ3) is 3.92. The van der Waals surface area contributed by atoms with Crippen molar-refractivity contribution in [1.29, 1.82) is 0 Å². The van der Waals surface area contributed by atoms with Crippen LogP contribution in [0.4, 0.5) is 0 Å². The van der Waals surface area contributed by atoms with E-state index in [0.29, 0.717) is 16.3 Å². The Balaban J connectivity index is 1.88. The third-order valence-corrected chi connectivity index (χ3v) is 5.79. The summed E-state index contributed by atoms with van der Waals surface area (Å²) in [5.41, 5.74) is 1.66. The molecule has 1 N–H and O–H groups in total. The molecule has 1 aliphatic heterocycles. The number of fused-ring (bicyclic) bond motifs is 1. The number of rotatable bonds is 4. The van der Waals surface area contributed by atoms with Gasteiger partial charge < -0.3 is 4.74 Å². The Morgan fingerprint density at radius 3 is 2.67 bits per heavy atom. The summed E-state index contributed by atoms with van der Waals surface area (Å²) in [4.78, 5) is 31.5. The van der Waals surface area contributed by atoms with Crippen molar-refractivity contribution in [3.05, 3.63) is 65.9 Å². The van der Waals surface area contributed by atoms with Gasteiger partial charge in [0.15, 0.2) is 5.11 Å². The molecule has 1 aromatic heterocycles. The fourth-order valence-electron chi connectivity index (χ4n) is 3.08. The van der Waals surface area contributed by atoms with Gasteiger partial charge in [0, 0.05) is 28.8 Å². The molecule has 1 fully saturated rings. The fraction of sp³-hybridized carbons (Fsp3) is 0.0909. The van der Waals surface area contributed by atoms with Crippen molar-refractivity contribution in [2.24, 2.45) is 0 Å². The number of benzene rings is 2. The number of carbonyl (C=O) groups is 2. The molecule has 4 rings (SSSR count). The lowest BCUT2D eigenvalue weighted by molar-refractivity contribution is -0.125. The predicted octanol–water partition coefficient (Wildman–Crippen LogP) is 4.00. The minimum atomic E-state index is -0.416. The van der Waals surface area contributed by atoms with Crippen LogP contribution in [-0.2, 0) is 9.59 Å². The minimum Gasteiger partial charge on any atom is -0.497 e. The van der Waals surface area contributed by atoms with Gasteiger partial charge in [-0.25, -0.2) is 4.98 Å². The van der Waals surface area contributed by atoms with Crippen molar-refractivity contribution in [1.82, 2.24) is 15.2 Å². The number of aromatic nitrogens is 1. The second kappa shape index (κ2) is 8.25. The number of hydrogen-bond donors (Lipinski definition) is 1. The van der Waals surface area contributed by atoms with Crippen molar-refractivity contribution in [2.45, 2.75) is 16.8 Å². The number of amides is 2. The summed E-state index contributed by atoms with van der Waals surface area (Å²) in [6.45, 7) is 1.37. The molecule has 1 aliphatic rings. The van der Waals surface area contributed by atoms with Crippen molar-refractivity contribution < 1.29 is 14.3 Å². The van der Waals surface area contributed by atoms with E-state index in [-0.39, 0.29) is 16.7 Å². The zero-order chi connectivity index (χ0) is 21.3. The summed E-state index contributed by atoms with van der Waals surface area (Å²) in [6.07, 6.45) is 1.65. The van der Waals surface area contributed by atoms with Gasteiger partial charge in [0.25, 0.3) is 5.91 Å². The second-order valence-electron chi connectivity index (χ2n) is 6.50. The minimum absolute atomic E-state index is 0.0782. The molecule has 0 spiro atoms. The molecule has 8 heteroatoms. The highest BCUT2D eigenvalue weighted by molar-refractivity contribution is 7.99. The molecule has 0 bridgehead atoms. The molecule has 150 valence electrons. The first kappa shape index (κ1) is 20.1. The van der Waals surface area contributed by atoms with Crippen LogP contribution in [0.2, 0.25) is 0 Å². The van der Waals surface area contributed by atoms with Crippen LogP contribution in [0.3, 0.4) is 0 Å². The highest BCUT2D eigenvalue weighted by atomic mass is 32.2. The summed E-state index contributed by atoms with van der Waals surface area (Å²) < 4.78 is 5.31. The topological polar surface area (TPSA) is 71.5 Å². The summed E-state index contributed by atoms with van der Waals surface area (Å²) in [5.74, 6) is -0.0407. The van der Waals surface area contributed by atoms with Gasteiger partial charge in [-0.3, -0.25) is 19.8 Å². The lowest BCUT2D eigenvalue weighted by atomic mass is 10.1. The van der Waals surface area contributed by atoms with Crippen LogP contribution >= 0.6 is 24.0 Å². The maximum atomic E-state index is 12.4. The normalized spacial score (nSPS) is 15.0. The average Bonchev–Trinajstić information content (AvgIpc) is 3.01. The standard InChI is InChI=1S/C22H17N3O3S2/c1-13(26)25-19(20(27)24-22(25)29)11-15-10-14-8-9-16(28-2)12-18(14)23-21(15)30-17-6-4-3-5-7-17/h3-12H,1-2H3,(H,24,27,29)/b19-11+. The quantitative estimate of drug-likeness (QED) is 0.493. The largest absolute Gasteiger partial charge is 0.497 e. The Hall–Kier alpha value is -3.23. The maximum Gasteiger partial charge on any atom is 0.274 e. The molecule has 2 heterocycles. The van der Waals surface area contributed by atoms with Crippen LogP contribution in [0, 0.1) is 0 Å². The van der Waals surface area contributed by atoms with E-state index in [1.807, 2.05) is 54.6 Å². The van der Waals surface area contributed by atoms with E-state index in [1.165, 1.54) is 23.6 Å². The Labute approximate surface area is 182 Å². The predicted molar refractivity (Wildman–Crippen MR) is 120 cm³/mol. The zero-order valence-electron chi connectivity index (χ0n) is 16.2. The summed E-state index contributed by atoms with van der Waals surface area (Å²) in [5, 5.41) is 4.19. The van der Waals surface area contributed by atoms with E-state index < -0.39 is 5.91 Å². The van der Waals surface area contributed by atoms with Crippen molar-refractivity contribution in [2.75, 3.05) is 7.11 Å². The Morgan fingerprint density at radius 1 is 1.20 bits per heavy atom. The first-order chi connectivity index (χ1) is 14.5. The first-order valence-electron chi connectivity index (χ1n) is 9.05. The SMILES string of the molecule is COc1ccc2cc(/C=C3\C(=O)NC(=S)N3C(C)=O)c(Sc3ccccc3)nc2c1. The Morgan fingerprint density at radius 2 is 1.97 bits per heavy atom. The molecule has 0 unspecified atom stereocenters. The van der Waals surface area contributed by atoms with Gasteiger partial charge in [-0.2, -0.15) is 0 Å². The molecule has 0 radical (unpaired) electrons. The smallest absolute Gasteiger partial charge is 0.274 e. The molecule has 3 aromatic rings. The van der Waals surface area contributed by atoms with Gasteiger partial charge in [0.2, 0.25) is 5.91 Å². The summed E-state index contributed by atoms with van der Waals surface area (Å²) >= 11 is 6.60. The number of thiocarbonyl (C=S) groups is 1. The van der Waals surface area contributed by atoms with Gasteiger partial charge in [0.05, 0.1) is 12.6 Å². The number of ether oxygens (including phenoxy) is 1. The van der Waals surface area contributed by atoms with Crippen molar-refractivity contribution in [3.63, 3.8) is 0 Å². The maximum absolute atomic E-state index is 12.4. The van der Waals surface area contributed by atoms with Gasteiger partial charge in [-0.05, 0) is 48.6 Å². The number of pyridine rings is 1. The average molecular weight is 436 g/mol. The van der Waals surface area contributed by atoms with E-state index in [0.717, 1.165) is 15.8 Å². The number of nitrogens with zero attached hydrogens (tertiary/aromatic N) is 2. The van der Waals surface area contributed by atoms with E-state index in [9.17, 15) is 9.59 Å². The van der Waals surface area contributed by atoms with Gasteiger partial charge in [-0.15, -0.1) is 0 Å². The van der Waals surface area contributed by atoms with Gasteiger partial charge >= 0.3 is 0 Å². The molecular weight excluding hydrogens is 418 g/mol. The Bertz CT molecular complexity index is 1210. The molecule has 2 amide bonds.